The van der Waals surface area contributed by atoms with Gasteiger partial charge >= 0.3 is 0 Å². The normalized spacial score (nSPS) is 18.8. The minimum Gasteiger partial charge on any atom is -0.378 e. The molecule has 2 amide bonds. The number of morpholine rings is 1. The number of tetrazole rings is 1. The molecule has 3 heterocycles. The Morgan fingerprint density at radius 2 is 1.61 bits per heavy atom. The molecule has 2 aromatic carbocycles. The van der Waals surface area contributed by atoms with Crippen molar-refractivity contribution in [1.82, 2.24) is 25.6 Å². The number of nitrogens with zero attached hydrogens (tertiary/aromatic N) is 6. The Hall–Kier alpha value is -4.23. The Morgan fingerprint density at radius 3 is 2.22 bits per heavy atom. The van der Waals surface area contributed by atoms with Crippen molar-refractivity contribution < 1.29 is 14.3 Å². The van der Waals surface area contributed by atoms with Gasteiger partial charge in [-0.1, -0.05) is 24.3 Å². The van der Waals surface area contributed by atoms with E-state index in [0.717, 1.165) is 48.4 Å². The standard InChI is InChI=1S/C33H39N9O3.ClH/c34-20-23-3-7-26(8-4-23)32(43)42(28-12-9-25(10-13-28)31-37-39-40-38-31)33(44)29(35)19-22-1-5-24(6-2-22)27-11-14-30(36-21-27)41-15-17-45-18-16-41;/h1-2,5-6,9-14,21,23,26,29H,3-4,7-8,15-20,34-35H2,(H,37,38,39,40);1H/t23-,26-,29-;/m0./s1. The number of nitrogens with one attached hydrogen (secondary N) is 1. The highest BCUT2D eigenvalue weighted by Gasteiger charge is 2.35. The van der Waals surface area contributed by atoms with Crippen LogP contribution in [0.3, 0.4) is 0 Å². The van der Waals surface area contributed by atoms with Gasteiger partial charge in [-0.25, -0.2) is 9.88 Å². The number of imide groups is 1. The highest BCUT2D eigenvalue weighted by Crippen LogP contribution is 2.32. The van der Waals surface area contributed by atoms with Crippen LogP contribution in [0.5, 0.6) is 0 Å². The van der Waals surface area contributed by atoms with E-state index in [1.165, 1.54) is 4.90 Å². The Morgan fingerprint density at radius 1 is 0.935 bits per heavy atom. The smallest absolute Gasteiger partial charge is 0.251 e. The number of carbonyl (C=O) groups is 2. The fourth-order valence-corrected chi connectivity index (χ4v) is 6.11. The van der Waals surface area contributed by atoms with Crippen LogP contribution < -0.4 is 21.3 Å². The van der Waals surface area contributed by atoms with Crippen LogP contribution in [-0.2, 0) is 20.7 Å². The van der Waals surface area contributed by atoms with Crippen molar-refractivity contribution in [3.63, 3.8) is 0 Å². The number of amides is 2. The van der Waals surface area contributed by atoms with Gasteiger partial charge in [0.1, 0.15) is 5.82 Å². The minimum atomic E-state index is -0.911. The number of hydrogen-bond donors (Lipinski definition) is 3. The summed E-state index contributed by atoms with van der Waals surface area (Å²) in [5.41, 5.74) is 16.5. The number of aromatic amines is 1. The van der Waals surface area contributed by atoms with Crippen LogP contribution in [0.1, 0.15) is 31.2 Å². The van der Waals surface area contributed by atoms with E-state index in [2.05, 4.69) is 36.6 Å². The van der Waals surface area contributed by atoms with Gasteiger partial charge in [-0.2, -0.15) is 5.21 Å². The topological polar surface area (TPSA) is 169 Å². The average molecular weight is 646 g/mol. The summed E-state index contributed by atoms with van der Waals surface area (Å²) in [6.45, 7) is 3.71. The molecule has 13 heteroatoms. The number of pyridine rings is 1. The summed E-state index contributed by atoms with van der Waals surface area (Å²) in [6.07, 6.45) is 5.31. The summed E-state index contributed by atoms with van der Waals surface area (Å²) >= 11 is 0. The number of H-pyrrole nitrogens is 1. The predicted octanol–water partition coefficient (Wildman–Crippen LogP) is 3.38. The summed E-state index contributed by atoms with van der Waals surface area (Å²) in [4.78, 5) is 36.0. The van der Waals surface area contributed by atoms with E-state index in [9.17, 15) is 9.59 Å². The molecule has 242 valence electrons. The average Bonchev–Trinajstić information content (AvgIpc) is 3.65. The molecule has 2 aromatic heterocycles. The van der Waals surface area contributed by atoms with Crippen LogP contribution in [-0.4, -0.2) is 76.3 Å². The highest BCUT2D eigenvalue weighted by atomic mass is 35.5. The third-order valence-corrected chi connectivity index (χ3v) is 8.84. The predicted molar refractivity (Wildman–Crippen MR) is 178 cm³/mol. The molecule has 2 fully saturated rings. The van der Waals surface area contributed by atoms with Gasteiger partial charge in [0.15, 0.2) is 0 Å². The largest absolute Gasteiger partial charge is 0.378 e. The van der Waals surface area contributed by atoms with Crippen molar-refractivity contribution in [3.05, 3.63) is 72.4 Å². The van der Waals surface area contributed by atoms with Crippen molar-refractivity contribution >= 4 is 35.7 Å². The fourth-order valence-electron chi connectivity index (χ4n) is 6.11. The van der Waals surface area contributed by atoms with Gasteiger partial charge in [0.25, 0.3) is 5.91 Å². The van der Waals surface area contributed by atoms with Gasteiger partial charge in [0.05, 0.1) is 24.9 Å². The number of aromatic nitrogens is 5. The number of carbonyl (C=O) groups excluding carboxylic acids is 2. The SMILES string of the molecule is Cl.NC[C@H]1CC[C@H](C(=O)N(C(=O)[C@@H](N)Cc2ccc(-c3ccc(N4CCOCC4)nc3)cc2)c2ccc(-c3nn[nH]n3)cc2)CC1. The molecule has 1 saturated carbocycles. The lowest BCUT2D eigenvalue weighted by Gasteiger charge is -2.32. The van der Waals surface area contributed by atoms with Gasteiger partial charge < -0.3 is 21.1 Å². The van der Waals surface area contributed by atoms with Gasteiger partial charge in [-0.3, -0.25) is 9.59 Å². The van der Waals surface area contributed by atoms with E-state index in [1.807, 2.05) is 36.5 Å². The van der Waals surface area contributed by atoms with E-state index in [4.69, 9.17) is 16.2 Å². The highest BCUT2D eigenvalue weighted by molar-refractivity contribution is 6.17. The molecule has 0 bridgehead atoms. The molecule has 5 N–H and O–H groups in total. The maximum Gasteiger partial charge on any atom is 0.251 e. The van der Waals surface area contributed by atoms with E-state index in [1.54, 1.807) is 24.3 Å². The molecule has 1 aliphatic heterocycles. The number of anilines is 2. The lowest BCUT2D eigenvalue weighted by atomic mass is 9.81. The molecule has 4 aromatic rings. The molecule has 1 saturated heterocycles. The molecule has 12 nitrogen and oxygen atoms in total. The first-order valence-electron chi connectivity index (χ1n) is 15.6. The maximum atomic E-state index is 13.9. The van der Waals surface area contributed by atoms with Gasteiger partial charge in [-0.15, -0.1) is 22.6 Å². The zero-order valence-corrected chi connectivity index (χ0v) is 26.4. The maximum absolute atomic E-state index is 13.9. The lowest BCUT2D eigenvalue weighted by Crippen LogP contribution is -2.50. The zero-order chi connectivity index (χ0) is 31.2. The monoisotopic (exact) mass is 645 g/mol. The molecule has 0 spiro atoms. The number of benzene rings is 2. The van der Waals surface area contributed by atoms with Crippen molar-refractivity contribution in [2.45, 2.75) is 38.1 Å². The Bertz CT molecular complexity index is 1550. The Labute approximate surface area is 274 Å². The number of halogens is 1. The Kier molecular flexibility index (Phi) is 11.1. The van der Waals surface area contributed by atoms with Crippen molar-refractivity contribution in [2.75, 3.05) is 42.6 Å². The lowest BCUT2D eigenvalue weighted by molar-refractivity contribution is -0.130. The van der Waals surface area contributed by atoms with E-state index in [0.29, 0.717) is 55.6 Å². The van der Waals surface area contributed by atoms with Crippen LogP contribution in [0.15, 0.2) is 66.9 Å². The van der Waals surface area contributed by atoms with Crippen molar-refractivity contribution in [1.29, 1.82) is 0 Å². The number of rotatable bonds is 9. The summed E-state index contributed by atoms with van der Waals surface area (Å²) in [5.74, 6) is 0.871. The summed E-state index contributed by atoms with van der Waals surface area (Å²) in [7, 11) is 0. The van der Waals surface area contributed by atoms with Gasteiger partial charge in [-0.05, 0) is 97.3 Å². The van der Waals surface area contributed by atoms with Crippen LogP contribution in [0.25, 0.3) is 22.5 Å². The first-order chi connectivity index (χ1) is 22.0. The van der Waals surface area contributed by atoms with Crippen LogP contribution in [0.2, 0.25) is 0 Å². The summed E-state index contributed by atoms with van der Waals surface area (Å²) < 4.78 is 5.44. The third kappa shape index (κ3) is 7.59. The molecule has 0 radical (unpaired) electrons. The summed E-state index contributed by atoms with van der Waals surface area (Å²) in [5, 5.41) is 14.1. The van der Waals surface area contributed by atoms with Crippen molar-refractivity contribution in [3.8, 4) is 22.5 Å². The van der Waals surface area contributed by atoms with E-state index < -0.39 is 11.9 Å². The Balaban J connectivity index is 0.00000417. The van der Waals surface area contributed by atoms with Crippen molar-refractivity contribution in [2.24, 2.45) is 23.3 Å². The molecule has 6 rings (SSSR count). The van der Waals surface area contributed by atoms with Crippen LogP contribution >= 0.6 is 12.4 Å². The number of hydrogen-bond acceptors (Lipinski definition) is 10. The van der Waals surface area contributed by atoms with Crippen LogP contribution in [0, 0.1) is 11.8 Å². The fraction of sp³-hybridized carbons (Fsp3) is 0.394. The van der Waals surface area contributed by atoms with Gasteiger partial charge in [0, 0.05) is 36.3 Å². The molecular formula is C33H40ClN9O3. The molecule has 0 unspecified atom stereocenters. The number of ether oxygens (including phenoxy) is 1. The molecule has 2 aliphatic rings. The molecule has 1 atom stereocenters. The number of nitrogens with two attached hydrogens (primary N) is 2. The first-order valence-corrected chi connectivity index (χ1v) is 15.6. The first kappa shape index (κ1) is 33.1. The molecule has 1 aliphatic carbocycles. The van der Waals surface area contributed by atoms with E-state index in [-0.39, 0.29) is 30.7 Å². The van der Waals surface area contributed by atoms with E-state index >= 15 is 0 Å². The second kappa shape index (κ2) is 15.4. The second-order valence-electron chi connectivity index (χ2n) is 11.8. The van der Waals surface area contributed by atoms with Crippen LogP contribution in [0.4, 0.5) is 11.5 Å². The third-order valence-electron chi connectivity index (χ3n) is 8.84. The van der Waals surface area contributed by atoms with Gasteiger partial charge in [0.2, 0.25) is 11.7 Å². The zero-order valence-electron chi connectivity index (χ0n) is 25.6. The summed E-state index contributed by atoms with van der Waals surface area (Å²) in [6, 6.07) is 18.1. The molecular weight excluding hydrogens is 606 g/mol. The quantitative estimate of drug-likeness (QED) is 0.245. The minimum absolute atomic E-state index is 0. The molecule has 46 heavy (non-hydrogen) atoms. The second-order valence-corrected chi connectivity index (χ2v) is 11.8.